The van der Waals surface area contributed by atoms with Gasteiger partial charge in [-0.2, -0.15) is 5.26 Å². The number of nitrogens with zero attached hydrogens (tertiary/aromatic N) is 2. The lowest BCUT2D eigenvalue weighted by Gasteiger charge is -1.95. The van der Waals surface area contributed by atoms with Crippen LogP contribution in [0, 0.1) is 11.3 Å². The van der Waals surface area contributed by atoms with Crippen LogP contribution in [0.2, 0.25) is 0 Å². The predicted octanol–water partition coefficient (Wildman–Crippen LogP) is 1.02. The minimum absolute atomic E-state index is 0.542. The summed E-state index contributed by atoms with van der Waals surface area (Å²) in [6.07, 6.45) is 1.53. The molecular weight excluding hydrogens is 152 g/mol. The normalized spacial score (nSPS) is 9.92. The molecule has 0 amide bonds. The second kappa shape index (κ2) is 2.24. The van der Waals surface area contributed by atoms with Gasteiger partial charge in [0.25, 0.3) is 0 Å². The van der Waals surface area contributed by atoms with E-state index in [-0.39, 0.29) is 0 Å². The van der Waals surface area contributed by atoms with E-state index in [9.17, 15) is 0 Å². The molecule has 12 heavy (non-hydrogen) atoms. The largest absolute Gasteiger partial charge is 0.397 e. The fourth-order valence-corrected chi connectivity index (χ4v) is 1.14. The maximum absolute atomic E-state index is 8.70. The van der Waals surface area contributed by atoms with Gasteiger partial charge < -0.3 is 10.7 Å². The Morgan fingerprint density at radius 2 is 2.33 bits per heavy atom. The van der Waals surface area contributed by atoms with Gasteiger partial charge in [-0.05, 0) is 12.1 Å². The Kier molecular flexibility index (Phi) is 1.25. The number of nitriles is 1. The molecule has 4 heteroatoms. The van der Waals surface area contributed by atoms with Crippen molar-refractivity contribution in [2.24, 2.45) is 0 Å². The third kappa shape index (κ3) is 0.736. The number of fused-ring (bicyclic) bond motifs is 1. The molecule has 0 saturated carbocycles. The van der Waals surface area contributed by atoms with Crippen molar-refractivity contribution in [2.45, 2.75) is 0 Å². The molecule has 0 radical (unpaired) electrons. The smallest absolute Gasteiger partial charge is 0.108 e. The number of H-pyrrole nitrogens is 1. The van der Waals surface area contributed by atoms with Crippen molar-refractivity contribution >= 4 is 16.7 Å². The Balaban J connectivity index is 2.94. The van der Waals surface area contributed by atoms with Crippen LogP contribution < -0.4 is 5.73 Å². The Morgan fingerprint density at radius 1 is 1.50 bits per heavy atom. The molecule has 0 bridgehead atoms. The van der Waals surface area contributed by atoms with Crippen LogP contribution in [0.15, 0.2) is 18.5 Å². The van der Waals surface area contributed by atoms with Crippen LogP contribution in [0.25, 0.3) is 11.0 Å². The van der Waals surface area contributed by atoms with Gasteiger partial charge in [-0.15, -0.1) is 0 Å². The number of nitrogens with two attached hydrogens (primary N) is 1. The molecule has 0 unspecified atom stereocenters. The van der Waals surface area contributed by atoms with E-state index in [1.807, 2.05) is 6.07 Å². The van der Waals surface area contributed by atoms with Gasteiger partial charge in [-0.25, -0.2) is 4.98 Å². The van der Waals surface area contributed by atoms with Crippen LogP contribution in [-0.4, -0.2) is 9.97 Å². The summed E-state index contributed by atoms with van der Waals surface area (Å²) in [5.41, 5.74) is 8.17. The van der Waals surface area contributed by atoms with Crippen LogP contribution in [0.1, 0.15) is 5.56 Å². The van der Waals surface area contributed by atoms with Crippen molar-refractivity contribution in [2.75, 3.05) is 5.73 Å². The highest BCUT2D eigenvalue weighted by Gasteiger charge is 2.04. The van der Waals surface area contributed by atoms with Gasteiger partial charge in [0, 0.05) is 0 Å². The van der Waals surface area contributed by atoms with Gasteiger partial charge in [0.15, 0.2) is 0 Å². The van der Waals surface area contributed by atoms with E-state index >= 15 is 0 Å². The van der Waals surface area contributed by atoms with Gasteiger partial charge in [0.2, 0.25) is 0 Å². The van der Waals surface area contributed by atoms with E-state index in [1.54, 1.807) is 12.1 Å². The van der Waals surface area contributed by atoms with E-state index < -0.39 is 0 Å². The van der Waals surface area contributed by atoms with Crippen molar-refractivity contribution in [3.8, 4) is 6.07 Å². The summed E-state index contributed by atoms with van der Waals surface area (Å²) >= 11 is 0. The van der Waals surface area contributed by atoms with Crippen LogP contribution in [0.4, 0.5) is 5.69 Å². The monoisotopic (exact) mass is 158 g/mol. The van der Waals surface area contributed by atoms with Crippen LogP contribution >= 0.6 is 0 Å². The maximum atomic E-state index is 8.70. The lowest BCUT2D eigenvalue weighted by Crippen LogP contribution is -1.87. The van der Waals surface area contributed by atoms with E-state index in [4.69, 9.17) is 11.0 Å². The van der Waals surface area contributed by atoms with Crippen LogP contribution in [0.5, 0.6) is 0 Å². The predicted molar refractivity (Wildman–Crippen MR) is 45.2 cm³/mol. The van der Waals surface area contributed by atoms with Gasteiger partial charge >= 0.3 is 0 Å². The fourth-order valence-electron chi connectivity index (χ4n) is 1.14. The number of anilines is 1. The first-order chi connectivity index (χ1) is 5.83. The number of imidazole rings is 1. The number of rotatable bonds is 0. The quantitative estimate of drug-likeness (QED) is 0.562. The number of aromatic nitrogens is 2. The average Bonchev–Trinajstić information content (AvgIpc) is 2.54. The number of aromatic amines is 1. The highest BCUT2D eigenvalue weighted by molar-refractivity contribution is 5.90. The number of hydrogen-bond donors (Lipinski definition) is 2. The lowest BCUT2D eigenvalue weighted by molar-refractivity contribution is 1.34. The first-order valence-electron chi connectivity index (χ1n) is 3.44. The second-order valence-electron chi connectivity index (χ2n) is 2.44. The van der Waals surface area contributed by atoms with Crippen molar-refractivity contribution in [3.63, 3.8) is 0 Å². The molecule has 1 aromatic carbocycles. The Hall–Kier alpha value is -2.02. The number of hydrogen-bond acceptors (Lipinski definition) is 3. The van der Waals surface area contributed by atoms with Crippen molar-refractivity contribution in [3.05, 3.63) is 24.0 Å². The molecule has 58 valence electrons. The molecule has 0 aliphatic carbocycles. The zero-order valence-corrected chi connectivity index (χ0v) is 6.20. The van der Waals surface area contributed by atoms with Crippen LogP contribution in [-0.2, 0) is 0 Å². The molecular formula is C8H6N4. The SMILES string of the molecule is N#Cc1ccc(N)c2[nH]cnc12. The molecule has 0 aliphatic rings. The maximum Gasteiger partial charge on any atom is 0.108 e. The summed E-state index contributed by atoms with van der Waals surface area (Å²) in [5.74, 6) is 0. The molecule has 0 spiro atoms. The molecule has 0 atom stereocenters. The molecule has 0 fully saturated rings. The summed E-state index contributed by atoms with van der Waals surface area (Å²) in [4.78, 5) is 6.87. The number of nitrogens with one attached hydrogen (secondary N) is 1. The summed E-state index contributed by atoms with van der Waals surface area (Å²) in [5, 5.41) is 8.70. The first-order valence-corrected chi connectivity index (χ1v) is 3.44. The highest BCUT2D eigenvalue weighted by atomic mass is 14.9. The van der Waals surface area contributed by atoms with E-state index in [2.05, 4.69) is 9.97 Å². The topological polar surface area (TPSA) is 78.5 Å². The van der Waals surface area contributed by atoms with Crippen LogP contribution in [0.3, 0.4) is 0 Å². The van der Waals surface area contributed by atoms with E-state index in [0.717, 1.165) is 5.52 Å². The van der Waals surface area contributed by atoms with Gasteiger partial charge in [-0.3, -0.25) is 0 Å². The third-order valence-corrected chi connectivity index (χ3v) is 1.73. The number of benzene rings is 1. The van der Waals surface area contributed by atoms with Crippen molar-refractivity contribution in [1.82, 2.24) is 9.97 Å². The molecule has 1 heterocycles. The van der Waals surface area contributed by atoms with Gasteiger partial charge in [0.05, 0.1) is 23.1 Å². The van der Waals surface area contributed by atoms with Crippen molar-refractivity contribution in [1.29, 1.82) is 5.26 Å². The molecule has 3 N–H and O–H groups in total. The minimum atomic E-state index is 0.542. The molecule has 1 aromatic heterocycles. The number of nitrogen functional groups attached to an aromatic ring is 1. The molecule has 2 rings (SSSR count). The Morgan fingerprint density at radius 3 is 3.08 bits per heavy atom. The van der Waals surface area contributed by atoms with Crippen molar-refractivity contribution < 1.29 is 0 Å². The van der Waals surface area contributed by atoms with E-state index in [0.29, 0.717) is 16.8 Å². The highest BCUT2D eigenvalue weighted by Crippen LogP contribution is 2.19. The minimum Gasteiger partial charge on any atom is -0.397 e. The molecule has 0 saturated heterocycles. The summed E-state index contributed by atoms with van der Waals surface area (Å²) in [6, 6.07) is 5.40. The first kappa shape index (κ1) is 6.68. The summed E-state index contributed by atoms with van der Waals surface area (Å²) < 4.78 is 0. The van der Waals surface area contributed by atoms with E-state index in [1.165, 1.54) is 6.33 Å². The average molecular weight is 158 g/mol. The fraction of sp³-hybridized carbons (Fsp3) is 0. The molecule has 2 aromatic rings. The second-order valence-corrected chi connectivity index (χ2v) is 2.44. The zero-order valence-electron chi connectivity index (χ0n) is 6.20. The lowest BCUT2D eigenvalue weighted by atomic mass is 10.2. The molecule has 4 nitrogen and oxygen atoms in total. The summed E-state index contributed by atoms with van der Waals surface area (Å²) in [6.45, 7) is 0. The van der Waals surface area contributed by atoms with Gasteiger partial charge in [0.1, 0.15) is 11.6 Å². The Labute approximate surface area is 68.6 Å². The standard InChI is InChI=1S/C8H6N4/c9-3-5-1-2-6(10)8-7(5)11-4-12-8/h1-2,4H,10H2,(H,11,12). The van der Waals surface area contributed by atoms with Gasteiger partial charge in [-0.1, -0.05) is 0 Å². The molecule has 0 aliphatic heterocycles. The zero-order chi connectivity index (χ0) is 8.55. The summed E-state index contributed by atoms with van der Waals surface area (Å²) in [7, 11) is 0. The Bertz CT molecular complexity index is 463. The third-order valence-electron chi connectivity index (χ3n) is 1.73.